The molecular formula is C18H18N4O2S. The highest BCUT2D eigenvalue weighted by molar-refractivity contribution is 7.99. The first-order valence-corrected chi connectivity index (χ1v) is 8.75. The van der Waals surface area contributed by atoms with Crippen molar-refractivity contribution in [3.8, 4) is 11.4 Å². The molecule has 1 heterocycles. The van der Waals surface area contributed by atoms with Crippen LogP contribution in [0.4, 0.5) is 5.69 Å². The zero-order valence-electron chi connectivity index (χ0n) is 13.8. The van der Waals surface area contributed by atoms with Crippen LogP contribution in [-0.4, -0.2) is 33.5 Å². The second-order valence-corrected chi connectivity index (χ2v) is 6.38. The van der Waals surface area contributed by atoms with Gasteiger partial charge in [-0.05, 0) is 48.5 Å². The van der Waals surface area contributed by atoms with Crippen molar-refractivity contribution in [2.75, 3.05) is 18.2 Å². The van der Waals surface area contributed by atoms with Crippen molar-refractivity contribution in [3.63, 3.8) is 0 Å². The summed E-state index contributed by atoms with van der Waals surface area (Å²) >= 11 is 1.64. The number of ether oxygens (including phenoxy) is 1. The van der Waals surface area contributed by atoms with Crippen molar-refractivity contribution in [1.29, 1.82) is 0 Å². The van der Waals surface area contributed by atoms with Crippen molar-refractivity contribution in [2.45, 2.75) is 11.3 Å². The Balaban J connectivity index is 1.45. The number of aromatic nitrogens is 3. The van der Waals surface area contributed by atoms with Crippen LogP contribution < -0.4 is 10.1 Å². The topological polar surface area (TPSA) is 69.0 Å². The fourth-order valence-electron chi connectivity index (χ4n) is 2.20. The Kier molecular flexibility index (Phi) is 5.69. The molecule has 1 amide bonds. The summed E-state index contributed by atoms with van der Waals surface area (Å²) in [6, 6.07) is 15.3. The van der Waals surface area contributed by atoms with Crippen LogP contribution in [0.15, 0.2) is 66.1 Å². The molecule has 0 radical (unpaired) electrons. The van der Waals surface area contributed by atoms with E-state index in [4.69, 9.17) is 4.74 Å². The number of nitrogens with one attached hydrogen (secondary N) is 1. The maximum absolute atomic E-state index is 12.0. The van der Waals surface area contributed by atoms with E-state index >= 15 is 0 Å². The average molecular weight is 354 g/mol. The Bertz CT molecular complexity index is 802. The predicted molar refractivity (Wildman–Crippen MR) is 98.3 cm³/mol. The lowest BCUT2D eigenvalue weighted by atomic mass is 10.2. The minimum atomic E-state index is -0.00508. The smallest absolute Gasteiger partial charge is 0.225 e. The zero-order chi connectivity index (χ0) is 17.5. The summed E-state index contributed by atoms with van der Waals surface area (Å²) in [5, 5.41) is 6.97. The number of amides is 1. The van der Waals surface area contributed by atoms with Gasteiger partial charge in [0, 0.05) is 22.8 Å². The minimum Gasteiger partial charge on any atom is -0.497 e. The molecule has 6 nitrogen and oxygen atoms in total. The average Bonchev–Trinajstić information content (AvgIpc) is 3.18. The number of thioether (sulfide) groups is 1. The van der Waals surface area contributed by atoms with E-state index in [-0.39, 0.29) is 5.91 Å². The summed E-state index contributed by atoms with van der Waals surface area (Å²) in [5.41, 5.74) is 1.66. The van der Waals surface area contributed by atoms with Gasteiger partial charge in [-0.15, -0.1) is 11.8 Å². The number of methoxy groups -OCH3 is 1. The molecule has 128 valence electrons. The van der Waals surface area contributed by atoms with Crippen molar-refractivity contribution in [3.05, 3.63) is 61.2 Å². The normalized spacial score (nSPS) is 10.4. The van der Waals surface area contributed by atoms with Crippen molar-refractivity contribution in [2.24, 2.45) is 0 Å². The number of anilines is 1. The number of carbonyl (C=O) groups excluding carboxylic acids is 1. The van der Waals surface area contributed by atoms with E-state index in [1.165, 1.54) is 6.33 Å². The van der Waals surface area contributed by atoms with Crippen molar-refractivity contribution >= 4 is 23.4 Å². The lowest BCUT2D eigenvalue weighted by Crippen LogP contribution is -2.12. The van der Waals surface area contributed by atoms with Crippen LogP contribution in [0.1, 0.15) is 6.42 Å². The molecule has 0 spiro atoms. The van der Waals surface area contributed by atoms with E-state index in [0.717, 1.165) is 27.8 Å². The van der Waals surface area contributed by atoms with Crippen LogP contribution in [-0.2, 0) is 4.79 Å². The summed E-state index contributed by atoms with van der Waals surface area (Å²) < 4.78 is 6.79. The molecule has 0 fully saturated rings. The molecule has 0 aliphatic carbocycles. The monoisotopic (exact) mass is 354 g/mol. The Labute approximate surface area is 150 Å². The molecule has 2 aromatic carbocycles. The van der Waals surface area contributed by atoms with Crippen LogP contribution in [0.25, 0.3) is 5.69 Å². The van der Waals surface area contributed by atoms with Crippen LogP contribution in [0.5, 0.6) is 5.75 Å². The van der Waals surface area contributed by atoms with E-state index in [1.54, 1.807) is 29.9 Å². The molecule has 3 rings (SSSR count). The SMILES string of the molecule is COc1ccc(SCCC(=O)Nc2ccc(-n3cncn3)cc2)cc1. The van der Waals surface area contributed by atoms with Crippen molar-refractivity contribution in [1.82, 2.24) is 14.8 Å². The van der Waals surface area contributed by atoms with Gasteiger partial charge < -0.3 is 10.1 Å². The first-order valence-electron chi connectivity index (χ1n) is 7.76. The fraction of sp³-hybridized carbons (Fsp3) is 0.167. The third-order valence-electron chi connectivity index (χ3n) is 3.49. The van der Waals surface area contributed by atoms with Crippen LogP contribution >= 0.6 is 11.8 Å². The van der Waals surface area contributed by atoms with Gasteiger partial charge in [0.2, 0.25) is 5.91 Å². The third kappa shape index (κ3) is 4.84. The molecule has 25 heavy (non-hydrogen) atoms. The van der Waals surface area contributed by atoms with Gasteiger partial charge in [-0.25, -0.2) is 9.67 Å². The second kappa shape index (κ2) is 8.34. The minimum absolute atomic E-state index is 0.00508. The Morgan fingerprint density at radius 1 is 1.16 bits per heavy atom. The fourth-order valence-corrected chi connectivity index (χ4v) is 3.05. The van der Waals surface area contributed by atoms with Gasteiger partial charge in [0.05, 0.1) is 12.8 Å². The lowest BCUT2D eigenvalue weighted by molar-refractivity contribution is -0.115. The Hall–Kier alpha value is -2.80. The summed E-state index contributed by atoms with van der Waals surface area (Å²) in [4.78, 5) is 17.1. The molecule has 0 saturated carbocycles. The Morgan fingerprint density at radius 2 is 1.92 bits per heavy atom. The van der Waals surface area contributed by atoms with Crippen LogP contribution in [0, 0.1) is 0 Å². The second-order valence-electron chi connectivity index (χ2n) is 5.21. The zero-order valence-corrected chi connectivity index (χ0v) is 14.6. The first kappa shape index (κ1) is 17.0. The van der Waals surface area contributed by atoms with Gasteiger partial charge in [-0.2, -0.15) is 5.10 Å². The highest BCUT2D eigenvalue weighted by Gasteiger charge is 2.04. The molecule has 0 aliphatic heterocycles. The molecule has 7 heteroatoms. The summed E-state index contributed by atoms with van der Waals surface area (Å²) in [5.74, 6) is 1.54. The molecule has 0 aliphatic rings. The molecule has 3 aromatic rings. The van der Waals surface area contributed by atoms with Gasteiger partial charge >= 0.3 is 0 Å². The van der Waals surface area contributed by atoms with Gasteiger partial charge in [0.1, 0.15) is 18.4 Å². The first-order chi connectivity index (χ1) is 12.2. The third-order valence-corrected chi connectivity index (χ3v) is 4.51. The molecule has 0 bridgehead atoms. The van der Waals surface area contributed by atoms with E-state index in [2.05, 4.69) is 15.4 Å². The quantitative estimate of drug-likeness (QED) is 0.659. The molecule has 0 saturated heterocycles. The number of rotatable bonds is 7. The molecule has 0 atom stereocenters. The Morgan fingerprint density at radius 3 is 2.56 bits per heavy atom. The van der Waals surface area contributed by atoms with Gasteiger partial charge in [-0.3, -0.25) is 4.79 Å². The molecular weight excluding hydrogens is 336 g/mol. The van der Waals surface area contributed by atoms with E-state index in [9.17, 15) is 4.79 Å². The molecule has 1 N–H and O–H groups in total. The van der Waals surface area contributed by atoms with E-state index in [0.29, 0.717) is 6.42 Å². The van der Waals surface area contributed by atoms with Crippen LogP contribution in [0.2, 0.25) is 0 Å². The van der Waals surface area contributed by atoms with Crippen molar-refractivity contribution < 1.29 is 9.53 Å². The largest absolute Gasteiger partial charge is 0.497 e. The number of nitrogens with zero attached hydrogens (tertiary/aromatic N) is 3. The molecule has 0 unspecified atom stereocenters. The van der Waals surface area contributed by atoms with Crippen LogP contribution in [0.3, 0.4) is 0 Å². The van der Waals surface area contributed by atoms with Gasteiger partial charge in [0.15, 0.2) is 0 Å². The number of hydrogen-bond acceptors (Lipinski definition) is 5. The van der Waals surface area contributed by atoms with Gasteiger partial charge in [-0.1, -0.05) is 0 Å². The molecule has 1 aromatic heterocycles. The van der Waals surface area contributed by atoms with E-state index < -0.39 is 0 Å². The predicted octanol–water partition coefficient (Wildman–Crippen LogP) is 3.40. The summed E-state index contributed by atoms with van der Waals surface area (Å²) in [7, 11) is 1.64. The standard InChI is InChI=1S/C18H18N4O2S/c1-24-16-6-8-17(9-7-16)25-11-10-18(23)21-14-2-4-15(5-3-14)22-13-19-12-20-22/h2-9,12-13H,10-11H2,1H3,(H,21,23). The summed E-state index contributed by atoms with van der Waals surface area (Å²) in [6.07, 6.45) is 3.56. The number of hydrogen-bond donors (Lipinski definition) is 1. The maximum Gasteiger partial charge on any atom is 0.225 e. The summed E-state index contributed by atoms with van der Waals surface area (Å²) in [6.45, 7) is 0. The highest BCUT2D eigenvalue weighted by atomic mass is 32.2. The lowest BCUT2D eigenvalue weighted by Gasteiger charge is -2.07. The van der Waals surface area contributed by atoms with Gasteiger partial charge in [0.25, 0.3) is 0 Å². The highest BCUT2D eigenvalue weighted by Crippen LogP contribution is 2.22. The van der Waals surface area contributed by atoms with E-state index in [1.807, 2.05) is 48.5 Å². The maximum atomic E-state index is 12.0. The number of carbonyl (C=O) groups is 1. The number of benzene rings is 2.